The van der Waals surface area contributed by atoms with E-state index in [9.17, 15) is 4.79 Å². The van der Waals surface area contributed by atoms with Crippen LogP contribution in [0.25, 0.3) is 11.0 Å². The molecule has 0 aliphatic carbocycles. The number of nitrogens with one attached hydrogen (secondary N) is 1. The quantitative estimate of drug-likeness (QED) is 0.620. The van der Waals surface area contributed by atoms with Crippen LogP contribution < -0.4 is 11.1 Å². The van der Waals surface area contributed by atoms with E-state index >= 15 is 0 Å². The van der Waals surface area contributed by atoms with Crippen LogP contribution in [-0.2, 0) is 19.4 Å². The Bertz CT molecular complexity index is 849. The van der Waals surface area contributed by atoms with Crippen LogP contribution in [0.15, 0.2) is 29.6 Å². The molecule has 1 aromatic carbocycles. The maximum atomic E-state index is 12.2. The van der Waals surface area contributed by atoms with E-state index < -0.39 is 0 Å². The summed E-state index contributed by atoms with van der Waals surface area (Å²) >= 11 is 1.47. The van der Waals surface area contributed by atoms with Crippen LogP contribution >= 0.6 is 36.2 Å². The molecule has 142 valence electrons. The molecule has 0 saturated carbocycles. The lowest BCUT2D eigenvalue weighted by atomic mass is 10.3. The third-order valence-electron chi connectivity index (χ3n) is 3.83. The summed E-state index contributed by atoms with van der Waals surface area (Å²) in [6, 6.07) is 8.09. The highest BCUT2D eigenvalue weighted by molar-refractivity contribution is 7.09. The number of carbonyl (C=O) groups is 1. The molecule has 6 nitrogen and oxygen atoms in total. The van der Waals surface area contributed by atoms with Gasteiger partial charge in [0, 0.05) is 31.3 Å². The molecule has 0 saturated heterocycles. The zero-order chi connectivity index (χ0) is 16.9. The first kappa shape index (κ1) is 22.4. The number of nitrogens with zero attached hydrogens (tertiary/aromatic N) is 3. The molecule has 0 aliphatic heterocycles. The first-order chi connectivity index (χ1) is 11.7. The zero-order valence-electron chi connectivity index (χ0n) is 14.5. The monoisotopic (exact) mass is 415 g/mol. The average molecular weight is 416 g/mol. The van der Waals surface area contributed by atoms with E-state index in [1.54, 1.807) is 5.38 Å². The number of hydrogen-bond donors (Lipinski definition) is 2. The Hall–Kier alpha value is -1.67. The lowest BCUT2D eigenvalue weighted by Crippen LogP contribution is -2.26. The van der Waals surface area contributed by atoms with Crippen molar-refractivity contribution < 1.29 is 4.79 Å². The largest absolute Gasteiger partial charge is 0.350 e. The summed E-state index contributed by atoms with van der Waals surface area (Å²) in [7, 11) is 0. The molecule has 0 radical (unpaired) electrons. The number of hydrogen-bond acceptors (Lipinski definition) is 5. The number of carbonyl (C=O) groups excluding carboxylic acids is 1. The van der Waals surface area contributed by atoms with Crippen molar-refractivity contribution in [1.82, 2.24) is 19.9 Å². The van der Waals surface area contributed by atoms with Crippen molar-refractivity contribution in [2.45, 2.75) is 26.3 Å². The summed E-state index contributed by atoms with van der Waals surface area (Å²) in [6.07, 6.45) is 1.40. The third kappa shape index (κ3) is 4.94. The topological polar surface area (TPSA) is 85.8 Å². The number of aryl methyl sites for hydroxylation is 1. The van der Waals surface area contributed by atoms with E-state index in [1.807, 2.05) is 18.2 Å². The molecule has 2 heterocycles. The number of imidazole rings is 1. The molecule has 3 aromatic rings. The molecule has 0 bridgehead atoms. The predicted molar refractivity (Wildman–Crippen MR) is 111 cm³/mol. The van der Waals surface area contributed by atoms with E-state index in [0.29, 0.717) is 31.6 Å². The number of benzene rings is 1. The van der Waals surface area contributed by atoms with E-state index in [2.05, 4.69) is 32.8 Å². The molecule has 3 rings (SSSR count). The van der Waals surface area contributed by atoms with Gasteiger partial charge in [-0.05, 0) is 25.6 Å². The fourth-order valence-electron chi connectivity index (χ4n) is 2.70. The van der Waals surface area contributed by atoms with Crippen LogP contribution in [-0.4, -0.2) is 33.5 Å². The van der Waals surface area contributed by atoms with E-state index in [-0.39, 0.29) is 30.7 Å². The van der Waals surface area contributed by atoms with Crippen molar-refractivity contribution in [2.75, 3.05) is 13.1 Å². The van der Waals surface area contributed by atoms with Gasteiger partial charge in [0.25, 0.3) is 5.91 Å². The van der Waals surface area contributed by atoms with Crippen LogP contribution in [0.5, 0.6) is 0 Å². The molecule has 0 fully saturated rings. The Morgan fingerprint density at radius 2 is 2.00 bits per heavy atom. The average Bonchev–Trinajstić information content (AvgIpc) is 3.19. The van der Waals surface area contributed by atoms with Crippen LogP contribution in [0, 0.1) is 0 Å². The second kappa shape index (κ2) is 10.5. The Morgan fingerprint density at radius 1 is 1.23 bits per heavy atom. The minimum absolute atomic E-state index is 0. The van der Waals surface area contributed by atoms with Crippen LogP contribution in [0.3, 0.4) is 0 Å². The summed E-state index contributed by atoms with van der Waals surface area (Å²) < 4.78 is 2.18. The standard InChI is InChI=1S/C17H21N5OS.2ClH/c1-2-22-14-6-4-3-5-12(14)20-15(22)8-10-19-17(23)13-11-24-16(21-13)7-9-18;;/h3-6,11H,2,7-10,18H2,1H3,(H,19,23);2*1H. The molecular formula is C17H23Cl2N5OS. The van der Waals surface area contributed by atoms with Gasteiger partial charge in [0.2, 0.25) is 0 Å². The van der Waals surface area contributed by atoms with Crippen molar-refractivity contribution in [3.63, 3.8) is 0 Å². The first-order valence-corrected chi connectivity index (χ1v) is 8.97. The highest BCUT2D eigenvalue weighted by Crippen LogP contribution is 2.16. The van der Waals surface area contributed by atoms with Crippen molar-refractivity contribution in [3.05, 3.63) is 46.2 Å². The predicted octanol–water partition coefficient (Wildman–Crippen LogP) is 2.83. The second-order valence-electron chi connectivity index (χ2n) is 5.43. The molecule has 0 aliphatic rings. The highest BCUT2D eigenvalue weighted by atomic mass is 35.5. The summed E-state index contributed by atoms with van der Waals surface area (Å²) in [5, 5.41) is 5.60. The van der Waals surface area contributed by atoms with E-state index in [4.69, 9.17) is 5.73 Å². The van der Waals surface area contributed by atoms with Crippen molar-refractivity contribution in [2.24, 2.45) is 5.73 Å². The number of thiazole rings is 1. The molecule has 0 unspecified atom stereocenters. The van der Waals surface area contributed by atoms with Crippen molar-refractivity contribution >= 4 is 53.1 Å². The van der Waals surface area contributed by atoms with Gasteiger partial charge in [-0.25, -0.2) is 9.97 Å². The fraction of sp³-hybridized carbons (Fsp3) is 0.353. The molecule has 2 aromatic heterocycles. The highest BCUT2D eigenvalue weighted by Gasteiger charge is 2.12. The van der Waals surface area contributed by atoms with Gasteiger partial charge in [0.05, 0.1) is 16.0 Å². The number of aromatic nitrogens is 3. The van der Waals surface area contributed by atoms with Crippen LogP contribution in [0.2, 0.25) is 0 Å². The summed E-state index contributed by atoms with van der Waals surface area (Å²) in [5.41, 5.74) is 8.10. The number of halogens is 2. The minimum atomic E-state index is -0.145. The van der Waals surface area contributed by atoms with Gasteiger partial charge in [-0.15, -0.1) is 36.2 Å². The molecule has 1 amide bonds. The lowest BCUT2D eigenvalue weighted by molar-refractivity contribution is 0.0949. The number of para-hydroxylation sites is 2. The summed E-state index contributed by atoms with van der Waals surface area (Å²) in [6.45, 7) is 4.04. The maximum Gasteiger partial charge on any atom is 0.270 e. The maximum absolute atomic E-state index is 12.2. The third-order valence-corrected chi connectivity index (χ3v) is 4.74. The molecule has 26 heavy (non-hydrogen) atoms. The van der Waals surface area contributed by atoms with E-state index in [1.165, 1.54) is 11.3 Å². The molecule has 0 spiro atoms. The van der Waals surface area contributed by atoms with Crippen LogP contribution in [0.4, 0.5) is 0 Å². The second-order valence-corrected chi connectivity index (χ2v) is 6.37. The van der Waals surface area contributed by atoms with Gasteiger partial charge in [-0.3, -0.25) is 4.79 Å². The lowest BCUT2D eigenvalue weighted by Gasteiger charge is -2.06. The van der Waals surface area contributed by atoms with Gasteiger partial charge in [-0.1, -0.05) is 12.1 Å². The fourth-order valence-corrected chi connectivity index (χ4v) is 3.50. The van der Waals surface area contributed by atoms with Gasteiger partial charge in [-0.2, -0.15) is 0 Å². The SMILES string of the molecule is CCn1c(CCNC(=O)c2csc(CCN)n2)nc2ccccc21.Cl.Cl. The van der Waals surface area contributed by atoms with E-state index in [0.717, 1.165) is 28.4 Å². The van der Waals surface area contributed by atoms with Gasteiger partial charge in [0.1, 0.15) is 11.5 Å². The van der Waals surface area contributed by atoms with Crippen molar-refractivity contribution in [1.29, 1.82) is 0 Å². The molecule has 3 N–H and O–H groups in total. The number of nitrogens with two attached hydrogens (primary N) is 1. The van der Waals surface area contributed by atoms with Crippen molar-refractivity contribution in [3.8, 4) is 0 Å². The minimum Gasteiger partial charge on any atom is -0.350 e. The summed E-state index contributed by atoms with van der Waals surface area (Å²) in [4.78, 5) is 21.1. The molecule has 9 heteroatoms. The Kier molecular flexibility index (Phi) is 9.01. The first-order valence-electron chi connectivity index (χ1n) is 8.09. The Balaban J connectivity index is 0.00000169. The number of amides is 1. The molecular weight excluding hydrogens is 393 g/mol. The van der Waals surface area contributed by atoms with Gasteiger partial charge in [0.15, 0.2) is 0 Å². The number of rotatable bonds is 7. The summed E-state index contributed by atoms with van der Waals surface area (Å²) in [5.74, 6) is 0.842. The number of fused-ring (bicyclic) bond motifs is 1. The zero-order valence-corrected chi connectivity index (χ0v) is 16.9. The van der Waals surface area contributed by atoms with Crippen LogP contribution in [0.1, 0.15) is 28.2 Å². The normalized spacial score (nSPS) is 10.2. The van der Waals surface area contributed by atoms with Gasteiger partial charge < -0.3 is 15.6 Å². The van der Waals surface area contributed by atoms with Gasteiger partial charge >= 0.3 is 0 Å². The Morgan fingerprint density at radius 3 is 2.73 bits per heavy atom. The molecule has 0 atom stereocenters. The Labute approximate surface area is 169 Å². The smallest absolute Gasteiger partial charge is 0.270 e.